The molecule has 0 fully saturated rings. The molecule has 0 saturated heterocycles. The molecule has 0 radical (unpaired) electrons. The highest BCUT2D eigenvalue weighted by atomic mass is 79.9. The van der Waals surface area contributed by atoms with Crippen LogP contribution in [-0.2, 0) is 6.54 Å². The molecule has 0 aliphatic rings. The Balaban J connectivity index is 1.63. The number of hydrogen-bond acceptors (Lipinski definition) is 1. The molecule has 6 rings (SSSR count). The first kappa shape index (κ1) is 23.1. The molecule has 0 unspecified atom stereocenters. The van der Waals surface area contributed by atoms with Gasteiger partial charge in [0.2, 0.25) is 5.91 Å². The number of primary amides is 1. The molecule has 0 atom stereocenters. The summed E-state index contributed by atoms with van der Waals surface area (Å²) in [7, 11) is 0. The van der Waals surface area contributed by atoms with Crippen molar-refractivity contribution in [1.82, 2.24) is 4.57 Å². The summed E-state index contributed by atoms with van der Waals surface area (Å²) in [5.74, 6) is -0.448. The Morgan fingerprint density at radius 1 is 0.833 bits per heavy atom. The Bertz CT molecular complexity index is 1840. The molecule has 176 valence electrons. The van der Waals surface area contributed by atoms with E-state index in [1.165, 1.54) is 5.39 Å². The highest BCUT2D eigenvalue weighted by Gasteiger charge is 2.19. The van der Waals surface area contributed by atoms with Gasteiger partial charge in [0.15, 0.2) is 0 Å². The van der Waals surface area contributed by atoms with Crippen molar-refractivity contribution in [3.05, 3.63) is 117 Å². The fourth-order valence-electron chi connectivity index (χ4n) is 4.98. The number of halogens is 3. The topological polar surface area (TPSA) is 48.0 Å². The molecule has 0 saturated carbocycles. The summed E-state index contributed by atoms with van der Waals surface area (Å²) in [4.78, 5) is 12.4. The Hall–Kier alpha value is -3.31. The van der Waals surface area contributed by atoms with Crippen LogP contribution in [0.4, 0.5) is 0 Å². The Kier molecular flexibility index (Phi) is 5.76. The van der Waals surface area contributed by atoms with Gasteiger partial charge in [-0.15, -0.1) is 0 Å². The van der Waals surface area contributed by atoms with Crippen LogP contribution in [0.1, 0.15) is 15.9 Å². The monoisotopic (exact) mass is 572 g/mol. The second kappa shape index (κ2) is 8.97. The van der Waals surface area contributed by atoms with Gasteiger partial charge in [0.05, 0.1) is 11.0 Å². The molecule has 0 aliphatic heterocycles. The van der Waals surface area contributed by atoms with Gasteiger partial charge in [-0.2, -0.15) is 0 Å². The highest BCUT2D eigenvalue weighted by Crippen LogP contribution is 2.38. The molecule has 36 heavy (non-hydrogen) atoms. The average molecular weight is 574 g/mol. The van der Waals surface area contributed by atoms with Crippen LogP contribution >= 0.6 is 39.1 Å². The molecule has 0 aliphatic carbocycles. The molecule has 0 spiro atoms. The fourth-order valence-corrected chi connectivity index (χ4v) is 6.12. The number of nitrogens with two attached hydrogens (primary N) is 1. The number of aromatic nitrogens is 1. The van der Waals surface area contributed by atoms with Gasteiger partial charge in [-0.3, -0.25) is 4.79 Å². The minimum Gasteiger partial charge on any atom is -0.366 e. The van der Waals surface area contributed by atoms with E-state index < -0.39 is 5.91 Å². The third-order valence-electron chi connectivity index (χ3n) is 6.67. The summed E-state index contributed by atoms with van der Waals surface area (Å²) in [6, 6.07) is 29.9. The molecule has 3 nitrogen and oxygen atoms in total. The van der Waals surface area contributed by atoms with Crippen LogP contribution in [0.2, 0.25) is 10.0 Å². The maximum absolute atomic E-state index is 12.4. The summed E-state index contributed by atoms with van der Waals surface area (Å²) in [5.41, 5.74) is 11.2. The zero-order valence-electron chi connectivity index (χ0n) is 18.9. The third kappa shape index (κ3) is 3.77. The quantitative estimate of drug-likeness (QED) is 0.225. The minimum absolute atomic E-state index is 0.448. The smallest absolute Gasteiger partial charge is 0.249 e. The first-order valence-corrected chi connectivity index (χ1v) is 12.9. The van der Waals surface area contributed by atoms with Gasteiger partial charge in [0.1, 0.15) is 0 Å². The molecule has 6 aromatic rings. The van der Waals surface area contributed by atoms with Crippen LogP contribution in [0.15, 0.2) is 95.5 Å². The third-order valence-corrected chi connectivity index (χ3v) is 8.15. The SMILES string of the molecule is NC(=O)c1cccc2c1c1ccc(-c3ccc(Cl)cc3Cl)cc1n2Cc1ccc2ccccc2c1Br. The van der Waals surface area contributed by atoms with Crippen molar-refractivity contribution in [2.75, 3.05) is 0 Å². The normalized spacial score (nSPS) is 11.5. The molecule has 1 heterocycles. The van der Waals surface area contributed by atoms with E-state index in [0.717, 1.165) is 48.4 Å². The van der Waals surface area contributed by atoms with Gasteiger partial charge < -0.3 is 10.3 Å². The Morgan fingerprint density at radius 3 is 2.47 bits per heavy atom. The predicted octanol–water partition coefficient (Wildman–Crippen LogP) is 8.83. The zero-order chi connectivity index (χ0) is 25.0. The zero-order valence-corrected chi connectivity index (χ0v) is 22.0. The Morgan fingerprint density at radius 2 is 1.67 bits per heavy atom. The molecule has 1 amide bonds. The van der Waals surface area contributed by atoms with Crippen molar-refractivity contribution < 1.29 is 4.79 Å². The van der Waals surface area contributed by atoms with Crippen molar-refractivity contribution in [1.29, 1.82) is 0 Å². The van der Waals surface area contributed by atoms with Crippen molar-refractivity contribution in [2.24, 2.45) is 5.73 Å². The Labute approximate surface area is 226 Å². The lowest BCUT2D eigenvalue weighted by Gasteiger charge is -2.13. The summed E-state index contributed by atoms with van der Waals surface area (Å²) in [6.07, 6.45) is 0. The number of benzene rings is 5. The van der Waals surface area contributed by atoms with Crippen LogP contribution in [-0.4, -0.2) is 10.5 Å². The molecule has 1 aromatic heterocycles. The van der Waals surface area contributed by atoms with E-state index in [1.54, 1.807) is 12.1 Å². The molecular weight excluding hydrogens is 555 g/mol. The van der Waals surface area contributed by atoms with Crippen molar-refractivity contribution >= 4 is 77.6 Å². The van der Waals surface area contributed by atoms with Crippen molar-refractivity contribution in [3.8, 4) is 11.1 Å². The number of hydrogen-bond donors (Lipinski definition) is 1. The first-order valence-electron chi connectivity index (χ1n) is 11.4. The highest BCUT2D eigenvalue weighted by molar-refractivity contribution is 9.10. The van der Waals surface area contributed by atoms with Gasteiger partial charge in [0.25, 0.3) is 0 Å². The molecule has 0 bridgehead atoms. The standard InChI is InChI=1S/C30H19BrCl2N2O/c31-29-19(9-8-17-4-1-2-5-22(17)29)16-35-26-7-3-6-24(30(34)36)28(26)23-12-10-18(14-27(23)35)21-13-11-20(32)15-25(21)33/h1-15H,16H2,(H2,34,36). The number of nitrogens with zero attached hydrogens (tertiary/aromatic N) is 1. The molecule has 2 N–H and O–H groups in total. The fraction of sp³-hybridized carbons (Fsp3) is 0.0333. The van der Waals surface area contributed by atoms with E-state index in [9.17, 15) is 4.79 Å². The molecule has 6 heteroatoms. The van der Waals surface area contributed by atoms with Crippen molar-refractivity contribution in [3.63, 3.8) is 0 Å². The van der Waals surface area contributed by atoms with Gasteiger partial charge in [-0.05, 0) is 68.2 Å². The van der Waals surface area contributed by atoms with Crippen LogP contribution in [0.5, 0.6) is 0 Å². The summed E-state index contributed by atoms with van der Waals surface area (Å²) in [5, 5.41) is 5.31. The lowest BCUT2D eigenvalue weighted by Crippen LogP contribution is -2.11. The second-order valence-electron chi connectivity index (χ2n) is 8.77. The van der Waals surface area contributed by atoms with Crippen LogP contribution in [0.3, 0.4) is 0 Å². The lowest BCUT2D eigenvalue weighted by atomic mass is 10.0. The maximum Gasteiger partial charge on any atom is 0.249 e. The second-order valence-corrected chi connectivity index (χ2v) is 10.4. The molecular formula is C30H19BrCl2N2O. The van der Waals surface area contributed by atoms with Crippen LogP contribution in [0, 0.1) is 0 Å². The van der Waals surface area contributed by atoms with E-state index in [0.29, 0.717) is 22.2 Å². The van der Waals surface area contributed by atoms with Gasteiger partial charge >= 0.3 is 0 Å². The number of carbonyl (C=O) groups excluding carboxylic acids is 1. The van der Waals surface area contributed by atoms with Crippen molar-refractivity contribution in [2.45, 2.75) is 6.54 Å². The van der Waals surface area contributed by atoms with E-state index in [-0.39, 0.29) is 0 Å². The molecule has 5 aromatic carbocycles. The van der Waals surface area contributed by atoms with E-state index in [4.69, 9.17) is 28.9 Å². The number of carbonyl (C=O) groups is 1. The van der Waals surface area contributed by atoms with E-state index in [1.807, 2.05) is 48.5 Å². The number of amides is 1. The summed E-state index contributed by atoms with van der Waals surface area (Å²) in [6.45, 7) is 0.603. The number of rotatable bonds is 4. The van der Waals surface area contributed by atoms with E-state index >= 15 is 0 Å². The van der Waals surface area contributed by atoms with E-state index in [2.05, 4.69) is 50.8 Å². The van der Waals surface area contributed by atoms with Gasteiger partial charge in [0, 0.05) is 43.0 Å². The van der Waals surface area contributed by atoms with Crippen LogP contribution in [0.25, 0.3) is 43.7 Å². The maximum atomic E-state index is 12.4. The van der Waals surface area contributed by atoms with Gasteiger partial charge in [-0.1, -0.05) is 83.9 Å². The first-order chi connectivity index (χ1) is 17.4. The number of fused-ring (bicyclic) bond motifs is 4. The average Bonchev–Trinajstić information content (AvgIpc) is 3.18. The van der Waals surface area contributed by atoms with Crippen LogP contribution < -0.4 is 5.73 Å². The minimum atomic E-state index is -0.448. The van der Waals surface area contributed by atoms with Gasteiger partial charge in [-0.25, -0.2) is 0 Å². The lowest BCUT2D eigenvalue weighted by molar-refractivity contribution is 0.100. The summed E-state index contributed by atoms with van der Waals surface area (Å²) < 4.78 is 3.29. The largest absolute Gasteiger partial charge is 0.366 e. The predicted molar refractivity (Wildman–Crippen MR) is 154 cm³/mol. The summed E-state index contributed by atoms with van der Waals surface area (Å²) >= 11 is 16.5.